The van der Waals surface area contributed by atoms with Gasteiger partial charge in [0.05, 0.1) is 6.04 Å². The minimum Gasteiger partial charge on any atom is -0.480 e. The highest BCUT2D eigenvalue weighted by atomic mass is 16.4. The van der Waals surface area contributed by atoms with Crippen molar-refractivity contribution in [2.75, 3.05) is 19.6 Å². The Labute approximate surface area is 219 Å². The lowest BCUT2D eigenvalue weighted by atomic mass is 10.0. The monoisotopic (exact) mass is 513 g/mol. The number of unbranched alkanes of at least 4 members (excludes halogenated alkanes) is 11. The number of amides is 2. The van der Waals surface area contributed by atoms with E-state index in [1.807, 2.05) is 0 Å². The van der Waals surface area contributed by atoms with Crippen molar-refractivity contribution < 1.29 is 19.5 Å². The molecule has 0 aliphatic heterocycles. The van der Waals surface area contributed by atoms with Gasteiger partial charge in [-0.15, -0.1) is 0 Å². The van der Waals surface area contributed by atoms with Crippen molar-refractivity contribution in [2.45, 2.75) is 129 Å². The zero-order chi connectivity index (χ0) is 27.2. The molecule has 9 heteroatoms. The van der Waals surface area contributed by atoms with Gasteiger partial charge < -0.3 is 32.5 Å². The fourth-order valence-corrected chi connectivity index (χ4v) is 4.21. The number of rotatable bonds is 24. The lowest BCUT2D eigenvalue weighted by Crippen LogP contribution is -2.57. The molecule has 2 amide bonds. The largest absolute Gasteiger partial charge is 0.480 e. The summed E-state index contributed by atoms with van der Waals surface area (Å²) >= 11 is 0. The van der Waals surface area contributed by atoms with E-state index in [1.165, 1.54) is 64.2 Å². The van der Waals surface area contributed by atoms with Gasteiger partial charge in [0.2, 0.25) is 11.8 Å². The lowest BCUT2D eigenvalue weighted by molar-refractivity contribution is -0.142. The van der Waals surface area contributed by atoms with Crippen LogP contribution < -0.4 is 27.4 Å². The van der Waals surface area contributed by atoms with E-state index >= 15 is 0 Å². The molecule has 212 valence electrons. The summed E-state index contributed by atoms with van der Waals surface area (Å²) in [5.41, 5.74) is 11.2. The molecule has 0 fully saturated rings. The number of nitrogens with one attached hydrogen (secondary N) is 3. The average molecular weight is 514 g/mol. The van der Waals surface area contributed by atoms with Crippen molar-refractivity contribution >= 4 is 17.8 Å². The van der Waals surface area contributed by atoms with Crippen molar-refractivity contribution in [1.29, 1.82) is 0 Å². The summed E-state index contributed by atoms with van der Waals surface area (Å²) in [6.07, 6.45) is 15.9. The summed E-state index contributed by atoms with van der Waals surface area (Å²) in [4.78, 5) is 37.0. The van der Waals surface area contributed by atoms with Gasteiger partial charge in [0, 0.05) is 0 Å². The van der Waals surface area contributed by atoms with Crippen LogP contribution in [-0.4, -0.2) is 60.6 Å². The number of hydrogen-bond donors (Lipinski definition) is 6. The third-order valence-corrected chi connectivity index (χ3v) is 6.51. The molecule has 0 aliphatic rings. The SMILES string of the molecule is CCCCCCCCCCCCCCN[C@@H](CCN)C(=O)N[C@H](C(=O)N[C@@H](CCN)C(=O)O)C(C)C. The summed E-state index contributed by atoms with van der Waals surface area (Å²) in [7, 11) is 0. The highest BCUT2D eigenvalue weighted by Gasteiger charge is 2.30. The molecule has 0 rings (SSSR count). The molecule has 0 aromatic rings. The number of carboxylic acid groups (broad SMARTS) is 1. The van der Waals surface area contributed by atoms with Gasteiger partial charge in [-0.2, -0.15) is 0 Å². The molecule has 0 bridgehead atoms. The van der Waals surface area contributed by atoms with Crippen molar-refractivity contribution in [1.82, 2.24) is 16.0 Å². The standard InChI is InChI=1S/C27H55N5O4/c1-4-5-6-7-8-9-10-11-12-13-14-15-20-30-22(16-18-28)25(33)32-24(21(2)3)26(34)31-23(17-19-29)27(35)36/h21-24,30H,4-20,28-29H2,1-3H3,(H,31,34)(H,32,33)(H,35,36)/t22-,23-,24-/m0/s1. The Hall–Kier alpha value is -1.71. The van der Waals surface area contributed by atoms with Crippen LogP contribution in [0.1, 0.15) is 111 Å². The maximum Gasteiger partial charge on any atom is 0.326 e. The predicted octanol–water partition coefficient (Wildman–Crippen LogP) is 3.05. The molecule has 0 aromatic carbocycles. The van der Waals surface area contributed by atoms with Crippen molar-refractivity contribution in [3.8, 4) is 0 Å². The van der Waals surface area contributed by atoms with E-state index in [1.54, 1.807) is 13.8 Å². The first kappa shape index (κ1) is 34.3. The van der Waals surface area contributed by atoms with Gasteiger partial charge in [0.15, 0.2) is 0 Å². The van der Waals surface area contributed by atoms with Gasteiger partial charge in [-0.1, -0.05) is 91.4 Å². The number of nitrogens with two attached hydrogens (primary N) is 2. The van der Waals surface area contributed by atoms with Gasteiger partial charge in [-0.25, -0.2) is 4.79 Å². The molecule has 0 spiro atoms. The normalized spacial score (nSPS) is 13.8. The lowest BCUT2D eigenvalue weighted by Gasteiger charge is -2.26. The molecule has 8 N–H and O–H groups in total. The molecule has 0 saturated carbocycles. The van der Waals surface area contributed by atoms with Crippen molar-refractivity contribution in [2.24, 2.45) is 17.4 Å². The van der Waals surface area contributed by atoms with Crippen LogP contribution in [0.3, 0.4) is 0 Å². The molecule has 0 radical (unpaired) electrons. The van der Waals surface area contributed by atoms with E-state index in [0.29, 0.717) is 19.5 Å². The van der Waals surface area contributed by atoms with Crippen molar-refractivity contribution in [3.05, 3.63) is 0 Å². The Balaban J connectivity index is 4.36. The second-order valence-corrected chi connectivity index (χ2v) is 10.2. The molecule has 0 heterocycles. The van der Waals surface area contributed by atoms with Crippen LogP contribution in [0.15, 0.2) is 0 Å². The Kier molecular flexibility index (Phi) is 21.4. The summed E-state index contributed by atoms with van der Waals surface area (Å²) in [5, 5.41) is 17.8. The smallest absolute Gasteiger partial charge is 0.326 e. The Morgan fingerprint density at radius 3 is 1.61 bits per heavy atom. The molecule has 0 aromatic heterocycles. The van der Waals surface area contributed by atoms with Gasteiger partial charge >= 0.3 is 5.97 Å². The van der Waals surface area contributed by atoms with E-state index in [4.69, 9.17) is 11.5 Å². The first-order valence-corrected chi connectivity index (χ1v) is 14.2. The van der Waals surface area contributed by atoms with Crippen LogP contribution in [-0.2, 0) is 14.4 Å². The Bertz CT molecular complexity index is 589. The summed E-state index contributed by atoms with van der Waals surface area (Å²) in [6.45, 7) is 7.06. The van der Waals surface area contributed by atoms with E-state index < -0.39 is 30.0 Å². The van der Waals surface area contributed by atoms with Crippen LogP contribution in [0.5, 0.6) is 0 Å². The highest BCUT2D eigenvalue weighted by molar-refractivity contribution is 5.92. The van der Waals surface area contributed by atoms with E-state index in [9.17, 15) is 19.5 Å². The third kappa shape index (κ3) is 16.9. The maximum atomic E-state index is 12.9. The number of carbonyl (C=O) groups is 3. The molecule has 36 heavy (non-hydrogen) atoms. The quantitative estimate of drug-likeness (QED) is 0.108. The minimum absolute atomic E-state index is 0.121. The fraction of sp³-hybridized carbons (Fsp3) is 0.889. The zero-order valence-corrected chi connectivity index (χ0v) is 23.2. The summed E-state index contributed by atoms with van der Waals surface area (Å²) < 4.78 is 0. The fourth-order valence-electron chi connectivity index (χ4n) is 4.21. The van der Waals surface area contributed by atoms with E-state index in [0.717, 1.165) is 12.8 Å². The summed E-state index contributed by atoms with van der Waals surface area (Å²) in [5.74, 6) is -2.17. The Morgan fingerprint density at radius 2 is 1.17 bits per heavy atom. The second kappa shape index (κ2) is 22.5. The topological polar surface area (TPSA) is 160 Å². The first-order valence-electron chi connectivity index (χ1n) is 14.2. The average Bonchev–Trinajstić information content (AvgIpc) is 2.83. The number of carbonyl (C=O) groups excluding carboxylic acids is 2. The molecule has 3 atom stereocenters. The summed E-state index contributed by atoms with van der Waals surface area (Å²) in [6, 6.07) is -2.41. The second-order valence-electron chi connectivity index (χ2n) is 10.2. The van der Waals surface area contributed by atoms with E-state index in [2.05, 4.69) is 22.9 Å². The van der Waals surface area contributed by atoms with E-state index in [-0.39, 0.29) is 24.8 Å². The van der Waals surface area contributed by atoms with Crippen LogP contribution in [0.4, 0.5) is 0 Å². The third-order valence-electron chi connectivity index (χ3n) is 6.51. The zero-order valence-electron chi connectivity index (χ0n) is 23.2. The minimum atomic E-state index is -1.15. The molecular formula is C27H55N5O4. The van der Waals surface area contributed by atoms with Gasteiger partial charge in [-0.3, -0.25) is 9.59 Å². The molecule has 0 saturated heterocycles. The predicted molar refractivity (Wildman–Crippen MR) is 147 cm³/mol. The highest BCUT2D eigenvalue weighted by Crippen LogP contribution is 2.12. The number of carboxylic acids is 1. The maximum absolute atomic E-state index is 12.9. The molecular weight excluding hydrogens is 458 g/mol. The molecule has 0 unspecified atom stereocenters. The first-order chi connectivity index (χ1) is 17.3. The van der Waals surface area contributed by atoms with Crippen LogP contribution in [0.25, 0.3) is 0 Å². The number of aliphatic carboxylic acids is 1. The molecule has 9 nitrogen and oxygen atoms in total. The molecule has 0 aliphatic carbocycles. The van der Waals surface area contributed by atoms with Crippen molar-refractivity contribution in [3.63, 3.8) is 0 Å². The van der Waals surface area contributed by atoms with Crippen LogP contribution in [0.2, 0.25) is 0 Å². The van der Waals surface area contributed by atoms with Crippen LogP contribution in [0, 0.1) is 5.92 Å². The van der Waals surface area contributed by atoms with Gasteiger partial charge in [-0.05, 0) is 44.8 Å². The van der Waals surface area contributed by atoms with Gasteiger partial charge in [0.1, 0.15) is 12.1 Å². The van der Waals surface area contributed by atoms with Crippen LogP contribution >= 0.6 is 0 Å². The number of hydrogen-bond acceptors (Lipinski definition) is 6. The van der Waals surface area contributed by atoms with Gasteiger partial charge in [0.25, 0.3) is 0 Å². The Morgan fingerprint density at radius 1 is 0.694 bits per heavy atom.